The largest absolute Gasteiger partial charge is 0.480 e. The van der Waals surface area contributed by atoms with Crippen LogP contribution in [0, 0.1) is 11.8 Å². The highest BCUT2D eigenvalue weighted by molar-refractivity contribution is 6.03. The Morgan fingerprint density at radius 2 is 2.04 bits per heavy atom. The fourth-order valence-electron chi connectivity index (χ4n) is 4.99. The Morgan fingerprint density at radius 3 is 2.75 bits per heavy atom. The van der Waals surface area contributed by atoms with Gasteiger partial charge >= 0.3 is 5.97 Å². The van der Waals surface area contributed by atoms with Gasteiger partial charge in [-0.15, -0.1) is 0 Å². The van der Waals surface area contributed by atoms with Crippen molar-refractivity contribution in [2.75, 3.05) is 26.8 Å². The number of cyclic esters (lactones) is 1. The van der Waals surface area contributed by atoms with E-state index >= 15 is 0 Å². The minimum Gasteiger partial charge on any atom is -0.480 e. The molecule has 4 heterocycles. The molecule has 8 nitrogen and oxygen atoms in total. The van der Waals surface area contributed by atoms with Gasteiger partial charge in [0, 0.05) is 25.0 Å². The van der Waals surface area contributed by atoms with E-state index in [1.165, 1.54) is 7.11 Å². The molecule has 8 heteroatoms. The molecule has 0 radical (unpaired) electrons. The van der Waals surface area contributed by atoms with Crippen LogP contribution in [0.25, 0.3) is 0 Å². The van der Waals surface area contributed by atoms with Crippen LogP contribution in [0.3, 0.4) is 0 Å². The lowest BCUT2D eigenvalue weighted by Gasteiger charge is -2.22. The third-order valence-corrected chi connectivity index (χ3v) is 6.54. The lowest BCUT2D eigenvalue weighted by Crippen LogP contribution is -2.33. The molecule has 28 heavy (non-hydrogen) atoms. The van der Waals surface area contributed by atoms with E-state index in [1.807, 2.05) is 4.90 Å². The van der Waals surface area contributed by atoms with Crippen molar-refractivity contribution in [1.82, 2.24) is 14.8 Å². The number of esters is 1. The Morgan fingerprint density at radius 1 is 1.25 bits per heavy atom. The SMILES string of the molecule is COc1nc2c(cc1C(=O)N1C[C@@H]3COC(=O)[C@@H]3C1)C(=O)N(C1CCCC1)C2. The zero-order valence-corrected chi connectivity index (χ0v) is 15.8. The number of fused-ring (bicyclic) bond motifs is 2. The van der Waals surface area contributed by atoms with Crippen LogP contribution in [0.5, 0.6) is 5.88 Å². The topological polar surface area (TPSA) is 89.0 Å². The van der Waals surface area contributed by atoms with Crippen molar-refractivity contribution in [3.8, 4) is 5.88 Å². The number of hydrogen-bond acceptors (Lipinski definition) is 6. The summed E-state index contributed by atoms with van der Waals surface area (Å²) in [5, 5.41) is 0. The first-order valence-electron chi connectivity index (χ1n) is 9.91. The van der Waals surface area contributed by atoms with E-state index in [4.69, 9.17) is 9.47 Å². The lowest BCUT2D eigenvalue weighted by atomic mass is 10.0. The minimum absolute atomic E-state index is 0.0457. The Labute approximate surface area is 162 Å². The number of methoxy groups -OCH3 is 1. The van der Waals surface area contributed by atoms with Crippen molar-refractivity contribution in [1.29, 1.82) is 0 Å². The molecule has 0 unspecified atom stereocenters. The quantitative estimate of drug-likeness (QED) is 0.727. The molecule has 3 aliphatic heterocycles. The maximum absolute atomic E-state index is 13.1. The predicted molar refractivity (Wildman–Crippen MR) is 96.8 cm³/mol. The molecule has 1 saturated carbocycles. The molecule has 148 valence electrons. The molecule has 0 bridgehead atoms. The summed E-state index contributed by atoms with van der Waals surface area (Å²) in [5.74, 6) is -0.498. The average molecular weight is 385 g/mol. The molecule has 2 amide bonds. The van der Waals surface area contributed by atoms with E-state index in [0.717, 1.165) is 25.7 Å². The van der Waals surface area contributed by atoms with Crippen molar-refractivity contribution in [3.05, 3.63) is 22.9 Å². The van der Waals surface area contributed by atoms with Crippen molar-refractivity contribution >= 4 is 17.8 Å². The van der Waals surface area contributed by atoms with E-state index in [9.17, 15) is 14.4 Å². The van der Waals surface area contributed by atoms with Gasteiger partial charge in [0.1, 0.15) is 5.56 Å². The fraction of sp³-hybridized carbons (Fsp3) is 0.600. The maximum Gasteiger partial charge on any atom is 0.311 e. The number of ether oxygens (including phenoxy) is 2. The number of carbonyl (C=O) groups is 3. The van der Waals surface area contributed by atoms with E-state index in [1.54, 1.807) is 11.0 Å². The molecule has 1 aromatic heterocycles. The van der Waals surface area contributed by atoms with Gasteiger partial charge in [0.2, 0.25) is 5.88 Å². The predicted octanol–water partition coefficient (Wildman–Crippen LogP) is 1.23. The highest BCUT2D eigenvalue weighted by atomic mass is 16.5. The molecule has 4 aliphatic rings. The summed E-state index contributed by atoms with van der Waals surface area (Å²) >= 11 is 0. The van der Waals surface area contributed by atoms with Crippen LogP contribution in [-0.2, 0) is 16.1 Å². The van der Waals surface area contributed by atoms with Gasteiger partial charge in [-0.1, -0.05) is 12.8 Å². The Kier molecular flexibility index (Phi) is 4.03. The standard InChI is InChI=1S/C20H23N3O5/c1-27-17-14(18(24)22-7-11-10-28-20(26)15(11)8-22)6-13-16(21-17)9-23(19(13)25)12-4-2-3-5-12/h6,11-12,15H,2-5,7-10H2,1H3/t11-,15-/m1/s1. The first-order chi connectivity index (χ1) is 13.6. The number of pyridine rings is 1. The number of nitrogens with zero attached hydrogens (tertiary/aromatic N) is 3. The van der Waals surface area contributed by atoms with Gasteiger partial charge in [-0.25, -0.2) is 4.98 Å². The molecule has 3 fully saturated rings. The highest BCUT2D eigenvalue weighted by Crippen LogP contribution is 2.35. The smallest absolute Gasteiger partial charge is 0.311 e. The Balaban J connectivity index is 1.42. The molecule has 0 aromatic carbocycles. The average Bonchev–Trinajstić information content (AvgIpc) is 3.47. The number of hydrogen-bond donors (Lipinski definition) is 0. The van der Waals surface area contributed by atoms with Crippen LogP contribution < -0.4 is 4.74 Å². The van der Waals surface area contributed by atoms with Gasteiger partial charge in [0.05, 0.1) is 37.4 Å². The summed E-state index contributed by atoms with van der Waals surface area (Å²) in [6.45, 7) is 1.65. The van der Waals surface area contributed by atoms with Crippen molar-refractivity contribution in [2.24, 2.45) is 11.8 Å². The maximum atomic E-state index is 13.1. The van der Waals surface area contributed by atoms with Crippen molar-refractivity contribution in [2.45, 2.75) is 38.3 Å². The van der Waals surface area contributed by atoms with Gasteiger partial charge < -0.3 is 19.3 Å². The molecular weight excluding hydrogens is 362 g/mol. The summed E-state index contributed by atoms with van der Waals surface area (Å²) in [7, 11) is 1.48. The molecule has 0 spiro atoms. The number of aromatic nitrogens is 1. The van der Waals surface area contributed by atoms with Gasteiger partial charge in [0.15, 0.2) is 0 Å². The molecule has 2 saturated heterocycles. The molecule has 1 aromatic rings. The van der Waals surface area contributed by atoms with Crippen LogP contribution >= 0.6 is 0 Å². The normalized spacial score (nSPS) is 26.6. The second-order valence-corrected chi connectivity index (χ2v) is 8.12. The number of likely N-dealkylation sites (tertiary alicyclic amines) is 1. The monoisotopic (exact) mass is 385 g/mol. The van der Waals surface area contributed by atoms with Gasteiger partial charge in [-0.05, 0) is 18.9 Å². The van der Waals surface area contributed by atoms with Crippen molar-refractivity contribution in [3.63, 3.8) is 0 Å². The first-order valence-corrected chi connectivity index (χ1v) is 9.91. The third kappa shape index (κ3) is 2.57. The second kappa shape index (κ2) is 6.46. The molecule has 1 aliphatic carbocycles. The minimum atomic E-state index is -0.253. The van der Waals surface area contributed by atoms with E-state index in [-0.39, 0.29) is 47.1 Å². The number of rotatable bonds is 3. The fourth-order valence-corrected chi connectivity index (χ4v) is 4.99. The second-order valence-electron chi connectivity index (χ2n) is 8.12. The van der Waals surface area contributed by atoms with Crippen LogP contribution in [-0.4, -0.2) is 65.4 Å². The molecule has 2 atom stereocenters. The summed E-state index contributed by atoms with van der Waals surface area (Å²) in [6, 6.07) is 1.89. The lowest BCUT2D eigenvalue weighted by molar-refractivity contribution is -0.141. The Bertz CT molecular complexity index is 864. The zero-order chi connectivity index (χ0) is 19.4. The summed E-state index contributed by atoms with van der Waals surface area (Å²) in [4.78, 5) is 45.9. The number of carbonyl (C=O) groups excluding carboxylic acids is 3. The molecule has 0 N–H and O–H groups in total. The van der Waals surface area contributed by atoms with E-state index < -0.39 is 0 Å². The van der Waals surface area contributed by atoms with E-state index in [0.29, 0.717) is 37.5 Å². The zero-order valence-electron chi connectivity index (χ0n) is 15.8. The summed E-state index contributed by atoms with van der Waals surface area (Å²) in [6.07, 6.45) is 4.33. The van der Waals surface area contributed by atoms with Gasteiger partial charge in [-0.3, -0.25) is 14.4 Å². The summed E-state index contributed by atoms with van der Waals surface area (Å²) in [5.41, 5.74) is 1.46. The summed E-state index contributed by atoms with van der Waals surface area (Å²) < 4.78 is 10.5. The number of amides is 2. The molecule has 5 rings (SSSR count). The molecular formula is C20H23N3O5. The third-order valence-electron chi connectivity index (χ3n) is 6.54. The highest BCUT2D eigenvalue weighted by Gasteiger charge is 2.46. The van der Waals surface area contributed by atoms with E-state index in [2.05, 4.69) is 4.98 Å². The van der Waals surface area contributed by atoms with Crippen LogP contribution in [0.2, 0.25) is 0 Å². The van der Waals surface area contributed by atoms with Crippen LogP contribution in [0.15, 0.2) is 6.07 Å². The van der Waals surface area contributed by atoms with Gasteiger partial charge in [0.25, 0.3) is 11.8 Å². The van der Waals surface area contributed by atoms with Gasteiger partial charge in [-0.2, -0.15) is 0 Å². The Hall–Kier alpha value is -2.64. The van der Waals surface area contributed by atoms with Crippen molar-refractivity contribution < 1.29 is 23.9 Å². The first kappa shape index (κ1) is 17.5. The van der Waals surface area contributed by atoms with Crippen LogP contribution in [0.4, 0.5) is 0 Å². The van der Waals surface area contributed by atoms with Crippen LogP contribution in [0.1, 0.15) is 52.1 Å².